The smallest absolute Gasteiger partial charge is 0.407 e. The number of ether oxygens (including phenoxy) is 1. The summed E-state index contributed by atoms with van der Waals surface area (Å²) in [6.45, 7) is 5.28. The third-order valence-electron chi connectivity index (χ3n) is 2.96. The first-order valence-corrected chi connectivity index (χ1v) is 6.81. The highest BCUT2D eigenvalue weighted by molar-refractivity contribution is 5.93. The van der Waals surface area contributed by atoms with Crippen molar-refractivity contribution in [2.75, 3.05) is 5.32 Å². The van der Waals surface area contributed by atoms with Crippen LogP contribution in [0.5, 0.6) is 0 Å². The molecule has 1 aliphatic rings. The normalized spacial score (nSPS) is 18.3. The molecule has 21 heavy (non-hydrogen) atoms. The molecule has 1 aromatic carbocycles. The topological polar surface area (TPSA) is 67.4 Å². The second-order valence-electron chi connectivity index (χ2n) is 6.10. The van der Waals surface area contributed by atoms with Crippen LogP contribution in [0.1, 0.15) is 32.8 Å². The molecule has 0 spiro atoms. The number of carbonyl (C=O) groups is 2. The van der Waals surface area contributed by atoms with Gasteiger partial charge in [-0.05, 0) is 51.0 Å². The van der Waals surface area contributed by atoms with Crippen LogP contribution in [0.15, 0.2) is 18.2 Å². The van der Waals surface area contributed by atoms with E-state index in [0.29, 0.717) is 17.7 Å². The molecule has 2 amide bonds. The Morgan fingerprint density at radius 2 is 2.10 bits per heavy atom. The first kappa shape index (κ1) is 15.3. The average Bonchev–Trinajstić information content (AvgIpc) is 2.43. The second-order valence-corrected chi connectivity index (χ2v) is 6.10. The molecule has 1 atom stereocenters. The molecule has 0 radical (unpaired) electrons. The van der Waals surface area contributed by atoms with Gasteiger partial charge in [-0.25, -0.2) is 9.18 Å². The molecule has 0 aromatic heterocycles. The highest BCUT2D eigenvalue weighted by Crippen LogP contribution is 2.23. The largest absolute Gasteiger partial charge is 0.444 e. The highest BCUT2D eigenvalue weighted by Gasteiger charge is 2.25. The molecule has 0 saturated carbocycles. The van der Waals surface area contributed by atoms with Crippen molar-refractivity contribution in [3.63, 3.8) is 0 Å². The molecule has 0 aliphatic carbocycles. The van der Waals surface area contributed by atoms with Gasteiger partial charge in [-0.2, -0.15) is 0 Å². The van der Waals surface area contributed by atoms with E-state index < -0.39 is 17.7 Å². The van der Waals surface area contributed by atoms with Gasteiger partial charge in [0, 0.05) is 18.2 Å². The van der Waals surface area contributed by atoms with Gasteiger partial charge in [-0.1, -0.05) is 0 Å². The maximum Gasteiger partial charge on any atom is 0.407 e. The van der Waals surface area contributed by atoms with Crippen molar-refractivity contribution < 1.29 is 18.7 Å². The molecule has 114 valence electrons. The van der Waals surface area contributed by atoms with Gasteiger partial charge >= 0.3 is 6.09 Å². The average molecular weight is 294 g/mol. The van der Waals surface area contributed by atoms with Crippen LogP contribution in [0.2, 0.25) is 0 Å². The minimum absolute atomic E-state index is 0.121. The summed E-state index contributed by atoms with van der Waals surface area (Å²) in [4.78, 5) is 23.6. The molecule has 1 heterocycles. The number of anilines is 1. The molecular weight excluding hydrogens is 275 g/mol. The minimum atomic E-state index is -0.610. The number of nitrogens with one attached hydrogen (secondary N) is 2. The van der Waals surface area contributed by atoms with E-state index in [4.69, 9.17) is 4.74 Å². The van der Waals surface area contributed by atoms with Crippen molar-refractivity contribution in [1.82, 2.24) is 5.32 Å². The zero-order valence-electron chi connectivity index (χ0n) is 12.3. The zero-order valence-corrected chi connectivity index (χ0v) is 12.3. The van der Waals surface area contributed by atoms with E-state index in [0.717, 1.165) is 0 Å². The Kier molecular flexibility index (Phi) is 4.16. The molecule has 6 heteroatoms. The van der Waals surface area contributed by atoms with Gasteiger partial charge in [0.05, 0.1) is 0 Å². The summed E-state index contributed by atoms with van der Waals surface area (Å²) in [7, 11) is 0. The van der Waals surface area contributed by atoms with Crippen molar-refractivity contribution in [3.8, 4) is 0 Å². The number of fused-ring (bicyclic) bond motifs is 1. The predicted octanol–water partition coefficient (Wildman–Crippen LogP) is 2.60. The number of amides is 2. The molecule has 1 unspecified atom stereocenters. The molecule has 2 rings (SSSR count). The Hall–Kier alpha value is -2.11. The molecule has 0 saturated heterocycles. The van der Waals surface area contributed by atoms with Crippen LogP contribution >= 0.6 is 0 Å². The maximum absolute atomic E-state index is 13.3. The van der Waals surface area contributed by atoms with Gasteiger partial charge in [0.2, 0.25) is 5.91 Å². The molecule has 0 bridgehead atoms. The van der Waals surface area contributed by atoms with Crippen LogP contribution in [0.3, 0.4) is 0 Å². The second kappa shape index (κ2) is 5.71. The van der Waals surface area contributed by atoms with E-state index in [-0.39, 0.29) is 18.1 Å². The summed E-state index contributed by atoms with van der Waals surface area (Å²) in [6.07, 6.45) is -0.0965. The van der Waals surface area contributed by atoms with Gasteiger partial charge in [0.1, 0.15) is 11.4 Å². The lowest BCUT2D eigenvalue weighted by molar-refractivity contribution is -0.116. The number of hydrogen-bond acceptors (Lipinski definition) is 3. The van der Waals surface area contributed by atoms with Crippen LogP contribution in [0.25, 0.3) is 0 Å². The Labute approximate surface area is 122 Å². The van der Waals surface area contributed by atoms with Crippen LogP contribution in [0.4, 0.5) is 14.9 Å². The summed E-state index contributed by atoms with van der Waals surface area (Å²) in [5.41, 5.74) is 0.623. The standard InChI is InChI=1S/C15H19FN2O3/c1-15(2,3)21-14(20)17-11-7-9-6-10(16)4-5-12(9)18-13(19)8-11/h4-6,11H,7-8H2,1-3H3,(H,17,20)(H,18,19). The number of hydrogen-bond donors (Lipinski definition) is 2. The van der Waals surface area contributed by atoms with E-state index in [2.05, 4.69) is 10.6 Å². The first-order valence-electron chi connectivity index (χ1n) is 6.81. The van der Waals surface area contributed by atoms with E-state index in [9.17, 15) is 14.0 Å². The maximum atomic E-state index is 13.3. The summed E-state index contributed by atoms with van der Waals surface area (Å²) in [5, 5.41) is 5.37. The van der Waals surface area contributed by atoms with E-state index in [1.54, 1.807) is 20.8 Å². The van der Waals surface area contributed by atoms with Gasteiger partial charge in [0.15, 0.2) is 0 Å². The molecule has 0 fully saturated rings. The van der Waals surface area contributed by atoms with Gasteiger partial charge in [-0.3, -0.25) is 4.79 Å². The lowest BCUT2D eigenvalue weighted by Crippen LogP contribution is -2.41. The van der Waals surface area contributed by atoms with E-state index in [1.165, 1.54) is 18.2 Å². The van der Waals surface area contributed by atoms with Gasteiger partial charge in [0.25, 0.3) is 0 Å². The molecular formula is C15H19FN2O3. The fraction of sp³-hybridized carbons (Fsp3) is 0.467. The molecule has 5 nitrogen and oxygen atoms in total. The first-order chi connectivity index (χ1) is 9.73. The third kappa shape index (κ3) is 4.44. The molecule has 1 aromatic rings. The summed E-state index contributed by atoms with van der Waals surface area (Å²) >= 11 is 0. The minimum Gasteiger partial charge on any atom is -0.444 e. The van der Waals surface area contributed by atoms with Crippen LogP contribution in [-0.2, 0) is 16.0 Å². The van der Waals surface area contributed by atoms with Crippen molar-refractivity contribution in [1.29, 1.82) is 0 Å². The Morgan fingerprint density at radius 1 is 1.38 bits per heavy atom. The van der Waals surface area contributed by atoms with Crippen LogP contribution in [0, 0.1) is 5.82 Å². The molecule has 1 aliphatic heterocycles. The lowest BCUT2D eigenvalue weighted by Gasteiger charge is -2.22. The van der Waals surface area contributed by atoms with E-state index >= 15 is 0 Å². The monoisotopic (exact) mass is 294 g/mol. The highest BCUT2D eigenvalue weighted by atomic mass is 19.1. The fourth-order valence-corrected chi connectivity index (χ4v) is 2.19. The summed E-state index contributed by atoms with van der Waals surface area (Å²) < 4.78 is 18.5. The van der Waals surface area contributed by atoms with Crippen molar-refractivity contribution >= 4 is 17.7 Å². The van der Waals surface area contributed by atoms with Crippen molar-refractivity contribution in [2.45, 2.75) is 45.3 Å². The third-order valence-corrected chi connectivity index (χ3v) is 2.96. The number of alkyl carbamates (subject to hydrolysis) is 1. The Balaban J connectivity index is 2.11. The zero-order chi connectivity index (χ0) is 15.6. The van der Waals surface area contributed by atoms with Crippen LogP contribution < -0.4 is 10.6 Å². The summed E-state index contributed by atoms with van der Waals surface area (Å²) in [6, 6.07) is 3.76. The number of carbonyl (C=O) groups excluding carboxylic acids is 2. The number of halogens is 1. The van der Waals surface area contributed by atoms with E-state index in [1.807, 2.05) is 0 Å². The van der Waals surface area contributed by atoms with Gasteiger partial charge < -0.3 is 15.4 Å². The van der Waals surface area contributed by atoms with Crippen molar-refractivity contribution in [2.24, 2.45) is 0 Å². The quantitative estimate of drug-likeness (QED) is 0.836. The summed E-state index contributed by atoms with van der Waals surface area (Å²) in [5.74, 6) is -0.595. The number of rotatable bonds is 1. The van der Waals surface area contributed by atoms with Gasteiger partial charge in [-0.15, -0.1) is 0 Å². The lowest BCUT2D eigenvalue weighted by atomic mass is 10.0. The molecule has 2 N–H and O–H groups in total. The SMILES string of the molecule is CC(C)(C)OC(=O)NC1CC(=O)Nc2ccc(F)cc2C1. The fourth-order valence-electron chi connectivity index (χ4n) is 2.19. The van der Waals surface area contributed by atoms with Crippen molar-refractivity contribution in [3.05, 3.63) is 29.6 Å². The van der Waals surface area contributed by atoms with Crippen LogP contribution in [-0.4, -0.2) is 23.6 Å². The Morgan fingerprint density at radius 3 is 2.76 bits per heavy atom. The predicted molar refractivity (Wildman–Crippen MR) is 76.5 cm³/mol. The Bertz CT molecular complexity index is 567. The number of benzene rings is 1.